The molecule has 2 aromatic heterocycles. The Labute approximate surface area is 253 Å². The van der Waals surface area contributed by atoms with Crippen molar-refractivity contribution >= 4 is 11.0 Å². The summed E-state index contributed by atoms with van der Waals surface area (Å²) < 4.78 is 22.9. The Hall–Kier alpha value is -3.46. The first-order valence-corrected chi connectivity index (χ1v) is 15.7. The molecule has 8 heteroatoms. The summed E-state index contributed by atoms with van der Waals surface area (Å²) >= 11 is 0. The van der Waals surface area contributed by atoms with Crippen molar-refractivity contribution < 1.29 is 18.9 Å². The maximum atomic E-state index is 6.03. The number of fused-ring (bicyclic) bond motifs is 2. The van der Waals surface area contributed by atoms with Crippen LogP contribution in [0.2, 0.25) is 0 Å². The third-order valence-corrected chi connectivity index (χ3v) is 9.82. The van der Waals surface area contributed by atoms with Crippen LogP contribution in [0.4, 0.5) is 0 Å². The van der Waals surface area contributed by atoms with E-state index < -0.39 is 0 Å². The van der Waals surface area contributed by atoms with E-state index in [1.165, 1.54) is 48.9 Å². The number of ether oxygens (including phenoxy) is 4. The highest BCUT2D eigenvalue weighted by Crippen LogP contribution is 2.39. The minimum Gasteiger partial charge on any atom is -0.493 e. The third kappa shape index (κ3) is 5.64. The fourth-order valence-corrected chi connectivity index (χ4v) is 7.27. The van der Waals surface area contributed by atoms with Crippen LogP contribution in [-0.2, 0) is 22.3 Å². The molecule has 0 amide bonds. The molecule has 3 unspecified atom stereocenters. The second-order valence-electron chi connectivity index (χ2n) is 12.6. The van der Waals surface area contributed by atoms with E-state index >= 15 is 0 Å². The van der Waals surface area contributed by atoms with Gasteiger partial charge >= 0.3 is 0 Å². The molecule has 1 aliphatic carbocycles. The predicted octanol–water partition coefficient (Wildman–Crippen LogP) is 6.22. The van der Waals surface area contributed by atoms with E-state index in [0.29, 0.717) is 49.6 Å². The van der Waals surface area contributed by atoms with Crippen LogP contribution in [0.15, 0.2) is 48.7 Å². The number of benzene rings is 2. The first kappa shape index (κ1) is 28.3. The minimum atomic E-state index is -0.0783. The molecular formula is C35H42N4O4. The van der Waals surface area contributed by atoms with Crippen molar-refractivity contribution in [1.82, 2.24) is 20.1 Å². The highest BCUT2D eigenvalue weighted by Gasteiger charge is 2.38. The number of rotatable bonds is 7. The van der Waals surface area contributed by atoms with Gasteiger partial charge in [-0.2, -0.15) is 5.10 Å². The van der Waals surface area contributed by atoms with Crippen LogP contribution in [0.3, 0.4) is 0 Å². The molecule has 0 bridgehead atoms. The summed E-state index contributed by atoms with van der Waals surface area (Å²) in [5, 5.41) is 8.69. The molecule has 3 aliphatic rings. The number of hydrogen-bond acceptors (Lipinski definition) is 7. The van der Waals surface area contributed by atoms with Gasteiger partial charge in [0.2, 0.25) is 0 Å². The average Bonchev–Trinajstić information content (AvgIpc) is 3.64. The van der Waals surface area contributed by atoms with Crippen LogP contribution in [-0.4, -0.2) is 77.8 Å². The fraction of sp³-hybridized carbons (Fsp3) is 0.486. The van der Waals surface area contributed by atoms with Gasteiger partial charge < -0.3 is 18.9 Å². The molecule has 2 aliphatic heterocycles. The Bertz CT molecular complexity index is 1600. The van der Waals surface area contributed by atoms with E-state index in [2.05, 4.69) is 53.2 Å². The van der Waals surface area contributed by atoms with Gasteiger partial charge in [0.05, 0.1) is 32.6 Å². The molecule has 2 fully saturated rings. The Balaban J connectivity index is 1.13. The maximum Gasteiger partial charge on any atom is 0.181 e. The van der Waals surface area contributed by atoms with Crippen LogP contribution in [0.5, 0.6) is 11.5 Å². The second kappa shape index (κ2) is 11.9. The molecule has 4 heterocycles. The molecule has 2 saturated heterocycles. The van der Waals surface area contributed by atoms with Gasteiger partial charge in [-0.1, -0.05) is 18.2 Å². The van der Waals surface area contributed by atoms with Crippen molar-refractivity contribution in [2.75, 3.05) is 40.1 Å². The van der Waals surface area contributed by atoms with Gasteiger partial charge in [0, 0.05) is 34.3 Å². The van der Waals surface area contributed by atoms with Crippen molar-refractivity contribution in [2.45, 2.75) is 70.1 Å². The number of hydrogen-bond donors (Lipinski definition) is 1. The largest absolute Gasteiger partial charge is 0.493 e. The maximum absolute atomic E-state index is 6.03. The number of methoxy groups -OCH3 is 1. The zero-order chi connectivity index (χ0) is 29.4. The summed E-state index contributed by atoms with van der Waals surface area (Å²) in [4.78, 5) is 7.51. The molecule has 8 nitrogen and oxygen atoms in total. The quantitative estimate of drug-likeness (QED) is 0.259. The molecule has 2 aromatic carbocycles. The summed E-state index contributed by atoms with van der Waals surface area (Å²) in [6, 6.07) is 15.8. The molecule has 4 aromatic rings. The number of aryl methyl sites for hydroxylation is 2. The lowest BCUT2D eigenvalue weighted by molar-refractivity contribution is -0.101. The number of H-pyrrole nitrogens is 1. The van der Waals surface area contributed by atoms with Crippen molar-refractivity contribution in [1.29, 1.82) is 0 Å². The zero-order valence-electron chi connectivity index (χ0n) is 25.5. The second-order valence-corrected chi connectivity index (χ2v) is 12.6. The van der Waals surface area contributed by atoms with E-state index in [1.54, 1.807) is 7.11 Å². The normalized spacial score (nSPS) is 24.5. The number of pyridine rings is 1. The topological polar surface area (TPSA) is 81.7 Å². The Morgan fingerprint density at radius 2 is 1.86 bits per heavy atom. The van der Waals surface area contributed by atoms with Crippen molar-refractivity contribution in [3.63, 3.8) is 0 Å². The highest BCUT2D eigenvalue weighted by atomic mass is 16.6. The summed E-state index contributed by atoms with van der Waals surface area (Å²) in [7, 11) is 1.66. The molecule has 43 heavy (non-hydrogen) atoms. The smallest absolute Gasteiger partial charge is 0.181 e. The van der Waals surface area contributed by atoms with E-state index in [0.717, 1.165) is 35.0 Å². The van der Waals surface area contributed by atoms with Crippen LogP contribution < -0.4 is 9.47 Å². The van der Waals surface area contributed by atoms with E-state index in [4.69, 9.17) is 23.9 Å². The molecule has 0 saturated carbocycles. The fourth-order valence-electron chi connectivity index (χ4n) is 7.27. The summed E-state index contributed by atoms with van der Waals surface area (Å²) in [5.74, 6) is 1.32. The standard InChI is InChI=1S/C35H42N4O4/c1-23-5-4-14-39(23)35(2)12-10-24-6-7-25(17-26(24)11-13-35)28-18-30-33(37-38-34(30)36-20-28)27-8-9-31(32(19-27)40-3)43-22-29-21-41-15-16-42-29/h6-9,17-20,23,29H,4-5,10-16,21-22H2,1-3H3,(H,36,37,38). The molecular weight excluding hydrogens is 540 g/mol. The van der Waals surface area contributed by atoms with Crippen molar-refractivity contribution in [3.05, 3.63) is 59.8 Å². The first-order valence-electron chi connectivity index (χ1n) is 15.7. The van der Waals surface area contributed by atoms with Gasteiger partial charge in [-0.05, 0) is 99.9 Å². The minimum absolute atomic E-state index is 0.0783. The Morgan fingerprint density at radius 3 is 2.65 bits per heavy atom. The number of nitrogens with one attached hydrogen (secondary N) is 1. The number of aromatic amines is 1. The molecule has 7 rings (SSSR count). The van der Waals surface area contributed by atoms with Crippen LogP contribution in [0, 0.1) is 0 Å². The zero-order valence-corrected chi connectivity index (χ0v) is 25.5. The molecule has 3 atom stereocenters. The van der Waals surface area contributed by atoms with E-state index in [1.807, 2.05) is 24.4 Å². The molecule has 226 valence electrons. The van der Waals surface area contributed by atoms with E-state index in [-0.39, 0.29) is 11.6 Å². The lowest BCUT2D eigenvalue weighted by atomic mass is 9.89. The molecule has 1 N–H and O–H groups in total. The average molecular weight is 583 g/mol. The van der Waals surface area contributed by atoms with Gasteiger partial charge in [0.25, 0.3) is 0 Å². The van der Waals surface area contributed by atoms with Crippen LogP contribution in [0.1, 0.15) is 50.7 Å². The lowest BCUT2D eigenvalue weighted by Crippen LogP contribution is -2.48. The van der Waals surface area contributed by atoms with Crippen LogP contribution in [0.25, 0.3) is 33.4 Å². The SMILES string of the molecule is COc1cc(-c2[nH]nc3ncc(-c4ccc5c(c4)CCC(C)(N4CCCC4C)CC5)cc23)ccc1OCC1COCCO1. The molecule has 0 radical (unpaired) electrons. The molecule has 0 spiro atoms. The number of nitrogens with zero attached hydrogens (tertiary/aromatic N) is 3. The summed E-state index contributed by atoms with van der Waals surface area (Å²) in [5.41, 5.74) is 8.11. The lowest BCUT2D eigenvalue weighted by Gasteiger charge is -2.41. The third-order valence-electron chi connectivity index (χ3n) is 9.82. The monoisotopic (exact) mass is 582 g/mol. The van der Waals surface area contributed by atoms with Gasteiger partial charge in [-0.3, -0.25) is 10.00 Å². The number of likely N-dealkylation sites (tertiary alicyclic amines) is 1. The van der Waals surface area contributed by atoms with E-state index in [9.17, 15) is 0 Å². The first-order chi connectivity index (χ1) is 21.0. The van der Waals surface area contributed by atoms with Gasteiger partial charge in [-0.15, -0.1) is 0 Å². The van der Waals surface area contributed by atoms with Crippen molar-refractivity contribution in [2.24, 2.45) is 0 Å². The highest BCUT2D eigenvalue weighted by molar-refractivity contribution is 5.93. The van der Waals surface area contributed by atoms with Gasteiger partial charge in [-0.25, -0.2) is 4.98 Å². The summed E-state index contributed by atoms with van der Waals surface area (Å²) in [6.07, 6.45) is 9.21. The van der Waals surface area contributed by atoms with Gasteiger partial charge in [0.1, 0.15) is 12.7 Å². The Morgan fingerprint density at radius 1 is 1.00 bits per heavy atom. The predicted molar refractivity (Wildman–Crippen MR) is 168 cm³/mol. The summed E-state index contributed by atoms with van der Waals surface area (Å²) in [6.45, 7) is 8.32. The van der Waals surface area contributed by atoms with Gasteiger partial charge in [0.15, 0.2) is 17.1 Å². The number of aromatic nitrogens is 3. The Kier molecular flexibility index (Phi) is 7.84. The van der Waals surface area contributed by atoms with Crippen LogP contribution >= 0.6 is 0 Å². The van der Waals surface area contributed by atoms with Crippen molar-refractivity contribution in [3.8, 4) is 33.9 Å².